The summed E-state index contributed by atoms with van der Waals surface area (Å²) in [5.74, 6) is 1.17. The molecule has 264 valence electrons. The highest BCUT2D eigenvalue weighted by atomic mass is 16.7. The number of hydrogen-bond acceptors (Lipinski definition) is 7. The molecule has 9 nitrogen and oxygen atoms in total. The largest absolute Gasteiger partial charge is 0.446 e. The van der Waals surface area contributed by atoms with Gasteiger partial charge in [0, 0.05) is 46.0 Å². The lowest BCUT2D eigenvalue weighted by molar-refractivity contribution is -0.146. The molecule has 1 N–H and O–H groups in total. The summed E-state index contributed by atoms with van der Waals surface area (Å²) in [6.45, 7) is 7.21. The second-order valence-corrected chi connectivity index (χ2v) is 13.3. The number of benzene rings is 3. The van der Waals surface area contributed by atoms with Crippen LogP contribution in [0.5, 0.6) is 0 Å². The molecule has 2 fully saturated rings. The van der Waals surface area contributed by atoms with Crippen molar-refractivity contribution >= 4 is 17.7 Å². The number of nitrogens with zero attached hydrogens (tertiary/aromatic N) is 2. The SMILES string of the molecule is CCCCN(CC(OC)OC)C(=O)CCOCCc1ccc(CN2C[C@H]3CC(OC(=O)Nc4ccccc4-c4ccccc4)C[C@H]3C2)cc1. The van der Waals surface area contributed by atoms with Gasteiger partial charge >= 0.3 is 6.09 Å². The number of anilines is 1. The topological polar surface area (TPSA) is 89.6 Å². The van der Waals surface area contributed by atoms with E-state index in [9.17, 15) is 9.59 Å². The first kappa shape index (κ1) is 36.5. The van der Waals surface area contributed by atoms with Crippen LogP contribution in [0.1, 0.15) is 50.2 Å². The number of carbonyl (C=O) groups is 2. The van der Waals surface area contributed by atoms with Crippen molar-refractivity contribution in [1.82, 2.24) is 9.80 Å². The van der Waals surface area contributed by atoms with Crippen LogP contribution in [0.3, 0.4) is 0 Å². The van der Waals surface area contributed by atoms with Crippen LogP contribution in [0.25, 0.3) is 11.1 Å². The van der Waals surface area contributed by atoms with Gasteiger partial charge in [-0.2, -0.15) is 0 Å². The summed E-state index contributed by atoms with van der Waals surface area (Å²) in [4.78, 5) is 30.0. The second-order valence-electron chi connectivity index (χ2n) is 13.3. The zero-order valence-corrected chi connectivity index (χ0v) is 29.4. The van der Waals surface area contributed by atoms with Crippen molar-refractivity contribution in [3.63, 3.8) is 0 Å². The van der Waals surface area contributed by atoms with Crippen LogP contribution in [0.2, 0.25) is 0 Å². The van der Waals surface area contributed by atoms with Crippen molar-refractivity contribution in [3.05, 3.63) is 90.0 Å². The maximum absolute atomic E-state index is 12.9. The maximum atomic E-state index is 12.9. The Morgan fingerprint density at radius 1 is 0.878 bits per heavy atom. The van der Waals surface area contributed by atoms with Crippen molar-refractivity contribution < 1.29 is 28.5 Å². The highest BCUT2D eigenvalue weighted by Crippen LogP contribution is 2.40. The minimum atomic E-state index is -0.420. The molecule has 2 aliphatic rings. The van der Waals surface area contributed by atoms with E-state index in [0.29, 0.717) is 44.6 Å². The summed E-state index contributed by atoms with van der Waals surface area (Å²) < 4.78 is 22.3. The van der Waals surface area contributed by atoms with E-state index in [0.717, 1.165) is 68.6 Å². The standard InChI is InChI=1S/C40H53N3O6/c1-4-5-21-43(29-39(46-2)47-3)38(44)20-23-48-22-19-30-15-17-31(18-16-30)26-42-27-33-24-35(25-34(33)28-42)49-40(45)41-37-14-10-9-13-36(37)32-11-7-6-8-12-32/h6-18,33-35,39H,4-5,19-29H2,1-3H3,(H,41,45)/t33-,34+,35?. The molecule has 0 spiro atoms. The lowest BCUT2D eigenvalue weighted by atomic mass is 10.0. The first-order valence-electron chi connectivity index (χ1n) is 17.8. The average molecular weight is 672 g/mol. The van der Waals surface area contributed by atoms with Crippen molar-refractivity contribution in [2.45, 2.75) is 64.4 Å². The van der Waals surface area contributed by atoms with Gasteiger partial charge in [-0.1, -0.05) is 86.1 Å². The number of carbonyl (C=O) groups excluding carboxylic acids is 2. The number of nitrogens with one attached hydrogen (secondary N) is 1. The summed E-state index contributed by atoms with van der Waals surface area (Å²) >= 11 is 0. The van der Waals surface area contributed by atoms with E-state index in [1.54, 1.807) is 14.2 Å². The predicted molar refractivity (Wildman–Crippen MR) is 192 cm³/mol. The fraction of sp³-hybridized carbons (Fsp3) is 0.500. The van der Waals surface area contributed by atoms with Crippen LogP contribution in [0, 0.1) is 11.8 Å². The Morgan fingerprint density at radius 2 is 1.55 bits per heavy atom. The first-order valence-corrected chi connectivity index (χ1v) is 17.8. The summed E-state index contributed by atoms with van der Waals surface area (Å²) in [6, 6.07) is 26.7. The lowest BCUT2D eigenvalue weighted by Gasteiger charge is -2.26. The zero-order chi connectivity index (χ0) is 34.4. The van der Waals surface area contributed by atoms with Crippen LogP contribution in [-0.4, -0.2) is 87.8 Å². The van der Waals surface area contributed by atoms with Crippen LogP contribution in [0.15, 0.2) is 78.9 Å². The molecule has 1 saturated carbocycles. The third-order valence-electron chi connectivity index (χ3n) is 9.76. The van der Waals surface area contributed by atoms with E-state index in [1.807, 2.05) is 59.5 Å². The Morgan fingerprint density at radius 3 is 2.24 bits per heavy atom. The summed E-state index contributed by atoms with van der Waals surface area (Å²) in [7, 11) is 3.18. The van der Waals surface area contributed by atoms with Gasteiger partial charge in [0.05, 0.1) is 31.9 Å². The van der Waals surface area contributed by atoms with Gasteiger partial charge in [0.2, 0.25) is 5.91 Å². The first-order chi connectivity index (χ1) is 23.9. The Balaban J connectivity index is 0.981. The quantitative estimate of drug-likeness (QED) is 0.115. The number of unbranched alkanes of at least 4 members (excludes halogenated alkanes) is 1. The van der Waals surface area contributed by atoms with Gasteiger partial charge in [-0.25, -0.2) is 4.79 Å². The molecule has 1 aliphatic heterocycles. The Bertz CT molecular complexity index is 1430. The van der Waals surface area contributed by atoms with Crippen molar-refractivity contribution in [3.8, 4) is 11.1 Å². The second kappa shape index (κ2) is 18.9. The van der Waals surface area contributed by atoms with E-state index in [1.165, 1.54) is 11.1 Å². The number of amides is 2. The van der Waals surface area contributed by atoms with Gasteiger partial charge in [-0.15, -0.1) is 0 Å². The molecule has 3 aromatic rings. The molecule has 1 saturated heterocycles. The summed E-state index contributed by atoms with van der Waals surface area (Å²) in [5.41, 5.74) is 5.33. The predicted octanol–water partition coefficient (Wildman–Crippen LogP) is 7.01. The van der Waals surface area contributed by atoms with E-state index < -0.39 is 6.29 Å². The van der Waals surface area contributed by atoms with Gasteiger partial charge in [0.1, 0.15) is 6.10 Å². The molecule has 0 aromatic heterocycles. The van der Waals surface area contributed by atoms with Crippen molar-refractivity contribution in [1.29, 1.82) is 0 Å². The number of para-hydroxylation sites is 1. The third kappa shape index (κ3) is 10.9. The van der Waals surface area contributed by atoms with Crippen molar-refractivity contribution in [2.24, 2.45) is 11.8 Å². The molecule has 1 unspecified atom stereocenters. The molecule has 0 bridgehead atoms. The molecular formula is C40H53N3O6. The van der Waals surface area contributed by atoms with Gasteiger partial charge in [0.25, 0.3) is 0 Å². The normalized spacial score (nSPS) is 18.8. The van der Waals surface area contributed by atoms with Crippen LogP contribution in [0.4, 0.5) is 10.5 Å². The minimum Gasteiger partial charge on any atom is -0.446 e. The number of rotatable bonds is 18. The molecule has 1 aliphatic carbocycles. The van der Waals surface area contributed by atoms with E-state index in [2.05, 4.69) is 41.4 Å². The molecule has 0 radical (unpaired) electrons. The van der Waals surface area contributed by atoms with E-state index in [-0.39, 0.29) is 18.1 Å². The van der Waals surface area contributed by atoms with Gasteiger partial charge in [-0.05, 0) is 60.3 Å². The lowest BCUT2D eigenvalue weighted by Crippen LogP contribution is -2.40. The van der Waals surface area contributed by atoms with Crippen molar-refractivity contribution in [2.75, 3.05) is 58.9 Å². The third-order valence-corrected chi connectivity index (χ3v) is 9.76. The number of ether oxygens (including phenoxy) is 4. The Hall–Kier alpha value is -3.76. The van der Waals surface area contributed by atoms with Gasteiger partial charge in [0.15, 0.2) is 6.29 Å². The van der Waals surface area contributed by atoms with Gasteiger partial charge in [-0.3, -0.25) is 15.0 Å². The van der Waals surface area contributed by atoms with Crippen LogP contribution >= 0.6 is 0 Å². The molecule has 3 atom stereocenters. The Labute approximate surface area is 291 Å². The molecule has 2 amide bonds. The number of methoxy groups -OCH3 is 2. The zero-order valence-electron chi connectivity index (χ0n) is 29.4. The molecular weight excluding hydrogens is 618 g/mol. The summed E-state index contributed by atoms with van der Waals surface area (Å²) in [5, 5.41) is 2.99. The number of fused-ring (bicyclic) bond motifs is 1. The average Bonchev–Trinajstić information content (AvgIpc) is 3.67. The summed E-state index contributed by atoms with van der Waals surface area (Å²) in [6.07, 6.45) is 4.12. The van der Waals surface area contributed by atoms with Crippen LogP contribution in [-0.2, 0) is 36.7 Å². The number of hydrogen-bond donors (Lipinski definition) is 1. The highest BCUT2D eigenvalue weighted by molar-refractivity contribution is 5.91. The molecule has 49 heavy (non-hydrogen) atoms. The van der Waals surface area contributed by atoms with Crippen LogP contribution < -0.4 is 5.32 Å². The molecule has 9 heteroatoms. The fourth-order valence-corrected chi connectivity index (χ4v) is 7.09. The highest BCUT2D eigenvalue weighted by Gasteiger charge is 2.42. The van der Waals surface area contributed by atoms with Gasteiger partial charge < -0.3 is 23.8 Å². The minimum absolute atomic E-state index is 0.0423. The van der Waals surface area contributed by atoms with E-state index in [4.69, 9.17) is 18.9 Å². The maximum Gasteiger partial charge on any atom is 0.411 e. The number of likely N-dealkylation sites (tertiary alicyclic amines) is 1. The molecule has 3 aromatic carbocycles. The molecule has 1 heterocycles. The molecule has 5 rings (SSSR count). The van der Waals surface area contributed by atoms with E-state index >= 15 is 0 Å². The Kier molecular flexibility index (Phi) is 14.0. The monoisotopic (exact) mass is 671 g/mol. The smallest absolute Gasteiger partial charge is 0.411 e. The fourth-order valence-electron chi connectivity index (χ4n) is 7.09.